The number of nitrogens with two attached hydrogens (primary N) is 1. The van der Waals surface area contributed by atoms with Gasteiger partial charge in [0, 0.05) is 42.6 Å². The van der Waals surface area contributed by atoms with Gasteiger partial charge in [0.05, 0.1) is 11.1 Å². The number of hydrogen-bond donors (Lipinski definition) is 5. The van der Waals surface area contributed by atoms with Crippen LogP contribution in [0.1, 0.15) is 39.9 Å². The number of carbonyl (C=O) groups excluding carboxylic acids is 4. The fraction of sp³-hybridized carbons (Fsp3) is 0.310. The number of amides is 1. The number of hydrogen-bond acceptors (Lipinski definition) is 10. The molecule has 3 aliphatic carbocycles. The number of aliphatic hydroxyl groups excluding tert-OH is 2. The lowest BCUT2D eigenvalue weighted by Crippen LogP contribution is -2.58. The summed E-state index contributed by atoms with van der Waals surface area (Å²) in [6.45, 7) is 1.92. The van der Waals surface area contributed by atoms with Crippen molar-refractivity contribution < 1.29 is 39.6 Å². The maximum atomic E-state index is 13.8. The second kappa shape index (κ2) is 9.53. The predicted molar refractivity (Wildman–Crippen MR) is 147 cm³/mol. The molecule has 0 spiro atoms. The van der Waals surface area contributed by atoms with E-state index >= 15 is 0 Å². The molecule has 1 fully saturated rings. The number of thioether (sulfide) groups is 1. The Hall–Kier alpha value is -4.09. The fourth-order valence-corrected chi connectivity index (χ4v) is 6.74. The Morgan fingerprint density at radius 1 is 1.07 bits per heavy atom. The molecule has 2 aromatic carbocycles. The Kier molecular flexibility index (Phi) is 6.54. The van der Waals surface area contributed by atoms with E-state index < -0.39 is 69.3 Å². The third kappa shape index (κ3) is 3.99. The van der Waals surface area contributed by atoms with Gasteiger partial charge in [0.15, 0.2) is 11.4 Å². The molecule has 0 radical (unpaired) electrons. The number of aromatic hydroxyl groups is 1. The van der Waals surface area contributed by atoms with Crippen LogP contribution in [0.4, 0.5) is 5.69 Å². The summed E-state index contributed by atoms with van der Waals surface area (Å²) in [6.07, 6.45) is -0.215. The molecule has 0 heterocycles. The van der Waals surface area contributed by atoms with Crippen molar-refractivity contribution >= 4 is 45.8 Å². The SMILES string of the molecule is Cc1ccc(SC(=O)c2cc(N(C)C)c3c(c2O)C(O)=C2C(=O)[C@]4(O)C(O)=C(C(N)=O)C(=O)CC4CC2C3)cc1. The van der Waals surface area contributed by atoms with Crippen LogP contribution in [0.15, 0.2) is 52.1 Å². The quantitative estimate of drug-likeness (QED) is 0.274. The number of nitrogens with zero attached hydrogens (tertiary/aromatic N) is 1. The first-order valence-electron chi connectivity index (χ1n) is 12.6. The molecule has 0 bridgehead atoms. The molecule has 1 amide bonds. The number of phenolic OH excluding ortho intramolecular Hbond substituents is 1. The van der Waals surface area contributed by atoms with E-state index in [1.165, 1.54) is 6.07 Å². The minimum atomic E-state index is -2.65. The summed E-state index contributed by atoms with van der Waals surface area (Å²) in [5.74, 6) is -7.15. The summed E-state index contributed by atoms with van der Waals surface area (Å²) >= 11 is 0.896. The Morgan fingerprint density at radius 2 is 1.73 bits per heavy atom. The lowest BCUT2D eigenvalue weighted by molar-refractivity contribution is -0.147. The lowest BCUT2D eigenvalue weighted by Gasteiger charge is -2.46. The van der Waals surface area contributed by atoms with Gasteiger partial charge in [-0.2, -0.15) is 0 Å². The highest BCUT2D eigenvalue weighted by atomic mass is 32.2. The van der Waals surface area contributed by atoms with Gasteiger partial charge in [-0.3, -0.25) is 19.2 Å². The predicted octanol–water partition coefficient (Wildman–Crippen LogP) is 2.73. The molecule has 3 aliphatic rings. The number of carbonyl (C=O) groups is 4. The van der Waals surface area contributed by atoms with Gasteiger partial charge in [0.25, 0.3) is 5.91 Å². The number of phenols is 1. The van der Waals surface area contributed by atoms with E-state index in [1.807, 2.05) is 19.1 Å². The van der Waals surface area contributed by atoms with E-state index in [9.17, 15) is 39.6 Å². The van der Waals surface area contributed by atoms with E-state index in [-0.39, 0.29) is 29.5 Å². The van der Waals surface area contributed by atoms with Crippen LogP contribution < -0.4 is 10.6 Å². The summed E-state index contributed by atoms with van der Waals surface area (Å²) < 4.78 is 0. The molecule has 0 aromatic heterocycles. The number of anilines is 1. The van der Waals surface area contributed by atoms with E-state index in [4.69, 9.17) is 5.73 Å². The molecule has 5 rings (SSSR count). The van der Waals surface area contributed by atoms with Crippen LogP contribution >= 0.6 is 11.8 Å². The van der Waals surface area contributed by atoms with Gasteiger partial charge in [-0.25, -0.2) is 0 Å². The largest absolute Gasteiger partial charge is 0.508 e. The average Bonchev–Trinajstić information content (AvgIpc) is 2.87. The highest BCUT2D eigenvalue weighted by molar-refractivity contribution is 8.14. The van der Waals surface area contributed by atoms with E-state index in [0.29, 0.717) is 16.1 Å². The first kappa shape index (κ1) is 27.5. The van der Waals surface area contributed by atoms with Crippen LogP contribution in [0.5, 0.6) is 5.75 Å². The van der Waals surface area contributed by atoms with E-state index in [1.54, 1.807) is 31.1 Å². The molecule has 1 saturated carbocycles. The van der Waals surface area contributed by atoms with Crippen LogP contribution in [-0.2, 0) is 20.8 Å². The molecule has 6 N–H and O–H groups in total. The number of rotatable bonds is 4. The summed E-state index contributed by atoms with van der Waals surface area (Å²) in [5, 5.41) is 44.4. The molecule has 2 unspecified atom stereocenters. The van der Waals surface area contributed by atoms with Gasteiger partial charge >= 0.3 is 0 Å². The maximum Gasteiger partial charge on any atom is 0.255 e. The summed E-state index contributed by atoms with van der Waals surface area (Å²) in [6, 6.07) is 8.79. The minimum Gasteiger partial charge on any atom is -0.508 e. The first-order valence-corrected chi connectivity index (χ1v) is 13.4. The standard InChI is InChI=1S/C29H28N2O8S/c1-12-4-6-15(7-5-12)40-28(38)17-11-18(31(2)3)16-9-13-8-14-10-19(32)22(27(30)37)26(36)29(14,39)25(35)20(13)24(34)21(16)23(17)33/h4-7,11,13-14,33-34,36,39H,8-10H2,1-3H3,(H2,30,37)/t13?,14?,29-/m0/s1. The van der Waals surface area contributed by atoms with Crippen molar-refractivity contribution in [2.24, 2.45) is 17.6 Å². The van der Waals surface area contributed by atoms with Gasteiger partial charge in [-0.15, -0.1) is 0 Å². The number of fused-ring (bicyclic) bond motifs is 3. The highest BCUT2D eigenvalue weighted by Gasteiger charge is 2.60. The number of benzene rings is 2. The second-order valence-electron chi connectivity index (χ2n) is 10.6. The number of Topliss-reactive ketones (excluding diaryl/α,β-unsaturated/α-hetero) is 2. The summed E-state index contributed by atoms with van der Waals surface area (Å²) in [7, 11) is 3.48. The van der Waals surface area contributed by atoms with Crippen LogP contribution in [-0.4, -0.2) is 62.7 Å². The molecule has 208 valence electrons. The number of ketones is 2. The first-order chi connectivity index (χ1) is 18.8. The maximum absolute atomic E-state index is 13.8. The van der Waals surface area contributed by atoms with Crippen molar-refractivity contribution in [2.75, 3.05) is 19.0 Å². The summed E-state index contributed by atoms with van der Waals surface area (Å²) in [5.41, 5.74) is 3.33. The summed E-state index contributed by atoms with van der Waals surface area (Å²) in [4.78, 5) is 53.8. The molecule has 40 heavy (non-hydrogen) atoms. The smallest absolute Gasteiger partial charge is 0.255 e. The third-order valence-electron chi connectivity index (χ3n) is 7.97. The molecule has 2 aromatic rings. The number of aliphatic hydroxyl groups is 3. The Morgan fingerprint density at radius 3 is 2.33 bits per heavy atom. The van der Waals surface area contributed by atoms with Gasteiger partial charge in [0.2, 0.25) is 10.9 Å². The molecular formula is C29H28N2O8S. The van der Waals surface area contributed by atoms with Crippen molar-refractivity contribution in [3.63, 3.8) is 0 Å². The normalized spacial score (nSPS) is 23.9. The van der Waals surface area contributed by atoms with Crippen LogP contribution in [0.3, 0.4) is 0 Å². The fourth-order valence-electron chi connectivity index (χ4n) is 5.99. The zero-order valence-electron chi connectivity index (χ0n) is 22.0. The molecular weight excluding hydrogens is 536 g/mol. The van der Waals surface area contributed by atoms with Crippen molar-refractivity contribution in [1.29, 1.82) is 0 Å². The Bertz CT molecular complexity index is 1570. The average molecular weight is 565 g/mol. The van der Waals surface area contributed by atoms with Crippen molar-refractivity contribution in [3.8, 4) is 5.75 Å². The number of primary amides is 1. The van der Waals surface area contributed by atoms with Crippen LogP contribution in [0, 0.1) is 18.8 Å². The Labute approximate surface area is 233 Å². The zero-order valence-corrected chi connectivity index (χ0v) is 22.8. The van der Waals surface area contributed by atoms with E-state index in [2.05, 4.69) is 0 Å². The lowest BCUT2D eigenvalue weighted by atomic mass is 9.59. The second-order valence-corrected chi connectivity index (χ2v) is 11.7. The number of aryl methyl sites for hydroxylation is 1. The minimum absolute atomic E-state index is 0.0283. The Balaban J connectivity index is 1.66. The highest BCUT2D eigenvalue weighted by Crippen LogP contribution is 2.53. The molecule has 10 nitrogen and oxygen atoms in total. The van der Waals surface area contributed by atoms with Crippen molar-refractivity contribution in [2.45, 2.75) is 36.7 Å². The van der Waals surface area contributed by atoms with Gasteiger partial charge in [-0.05, 0) is 61.2 Å². The molecule has 0 saturated heterocycles. The third-order valence-corrected chi connectivity index (χ3v) is 8.89. The van der Waals surface area contributed by atoms with Crippen LogP contribution in [0.25, 0.3) is 5.76 Å². The van der Waals surface area contributed by atoms with E-state index in [0.717, 1.165) is 17.3 Å². The monoisotopic (exact) mass is 564 g/mol. The van der Waals surface area contributed by atoms with Gasteiger partial charge < -0.3 is 31.1 Å². The zero-order chi connectivity index (χ0) is 29.3. The molecule has 0 aliphatic heterocycles. The topological polar surface area (TPSA) is 178 Å². The van der Waals surface area contributed by atoms with Crippen LogP contribution in [0.2, 0.25) is 0 Å². The van der Waals surface area contributed by atoms with Gasteiger partial charge in [-0.1, -0.05) is 17.7 Å². The molecule has 11 heteroatoms. The van der Waals surface area contributed by atoms with Crippen molar-refractivity contribution in [1.82, 2.24) is 0 Å². The molecule has 3 atom stereocenters. The van der Waals surface area contributed by atoms with Gasteiger partial charge in [0.1, 0.15) is 22.8 Å². The van der Waals surface area contributed by atoms with Crippen molar-refractivity contribution in [3.05, 3.63) is 69.5 Å².